The van der Waals surface area contributed by atoms with Crippen molar-refractivity contribution in [1.29, 1.82) is 0 Å². The fourth-order valence-electron chi connectivity index (χ4n) is 3.35. The van der Waals surface area contributed by atoms with Crippen molar-refractivity contribution in [2.24, 2.45) is 0 Å². The Morgan fingerprint density at radius 2 is 2.40 bits per heavy atom. The van der Waals surface area contributed by atoms with Gasteiger partial charge in [-0.3, -0.25) is 0 Å². The number of ether oxygens (including phenoxy) is 1. The lowest BCUT2D eigenvalue weighted by Gasteiger charge is -2.38. The Labute approximate surface area is 121 Å². The smallest absolute Gasteiger partial charge is 0.129 e. The quantitative estimate of drug-likeness (QED) is 0.837. The van der Waals surface area contributed by atoms with Gasteiger partial charge < -0.3 is 15.0 Å². The van der Waals surface area contributed by atoms with Crippen molar-refractivity contribution in [1.82, 2.24) is 10.3 Å². The number of rotatable bonds is 5. The highest BCUT2D eigenvalue weighted by atomic mass is 16.5. The maximum atomic E-state index is 5.88. The molecule has 110 valence electrons. The molecule has 0 radical (unpaired) electrons. The van der Waals surface area contributed by atoms with E-state index < -0.39 is 0 Å². The van der Waals surface area contributed by atoms with Crippen molar-refractivity contribution in [3.05, 3.63) is 23.9 Å². The molecule has 2 atom stereocenters. The highest BCUT2D eigenvalue weighted by Gasteiger charge is 2.36. The molecule has 1 aliphatic carbocycles. The maximum absolute atomic E-state index is 5.88. The summed E-state index contributed by atoms with van der Waals surface area (Å²) in [6, 6.07) is 4.89. The van der Waals surface area contributed by atoms with Crippen LogP contribution < -0.4 is 10.2 Å². The highest BCUT2D eigenvalue weighted by Crippen LogP contribution is 2.32. The number of nitrogens with zero attached hydrogens (tertiary/aromatic N) is 2. The lowest BCUT2D eigenvalue weighted by molar-refractivity contribution is 0.0253. The first-order chi connectivity index (χ1) is 9.88. The molecule has 4 heteroatoms. The van der Waals surface area contributed by atoms with E-state index in [4.69, 9.17) is 4.74 Å². The van der Waals surface area contributed by atoms with Crippen molar-refractivity contribution in [3.63, 3.8) is 0 Å². The molecule has 2 aliphatic rings. The largest absolute Gasteiger partial charge is 0.374 e. The molecule has 0 spiro atoms. The molecule has 2 heterocycles. The van der Waals surface area contributed by atoms with Crippen LogP contribution in [0.2, 0.25) is 0 Å². The van der Waals surface area contributed by atoms with Crippen molar-refractivity contribution in [3.8, 4) is 0 Å². The molecule has 2 unspecified atom stereocenters. The van der Waals surface area contributed by atoms with Crippen LogP contribution in [0.25, 0.3) is 0 Å². The Morgan fingerprint density at radius 1 is 1.45 bits per heavy atom. The normalized spacial score (nSPS) is 25.8. The molecule has 20 heavy (non-hydrogen) atoms. The molecule has 2 fully saturated rings. The zero-order valence-corrected chi connectivity index (χ0v) is 12.3. The van der Waals surface area contributed by atoms with Crippen molar-refractivity contribution < 1.29 is 4.74 Å². The standard InChI is InChI=1S/C16H25N3O/c1-2-7-17-12-13-6-8-18-16(11-13)19-9-10-20-15-5-3-4-14(15)19/h6,8,11,14-15,17H,2-5,7,9-10,12H2,1H3. The van der Waals surface area contributed by atoms with Crippen molar-refractivity contribution >= 4 is 5.82 Å². The molecule has 0 bridgehead atoms. The number of morpholine rings is 1. The topological polar surface area (TPSA) is 37.4 Å². The molecule has 1 N–H and O–H groups in total. The highest BCUT2D eigenvalue weighted by molar-refractivity contribution is 5.43. The summed E-state index contributed by atoms with van der Waals surface area (Å²) in [7, 11) is 0. The summed E-state index contributed by atoms with van der Waals surface area (Å²) in [5.41, 5.74) is 1.32. The third-order valence-electron chi connectivity index (χ3n) is 4.34. The second-order valence-corrected chi connectivity index (χ2v) is 5.80. The molecule has 0 aromatic carbocycles. The Hall–Kier alpha value is -1.13. The zero-order chi connectivity index (χ0) is 13.8. The van der Waals surface area contributed by atoms with E-state index in [-0.39, 0.29) is 0 Å². The second kappa shape index (κ2) is 6.55. The van der Waals surface area contributed by atoms with Crippen LogP contribution in [-0.2, 0) is 11.3 Å². The molecule has 1 saturated heterocycles. The van der Waals surface area contributed by atoms with Crippen molar-refractivity contribution in [2.75, 3.05) is 24.6 Å². The summed E-state index contributed by atoms with van der Waals surface area (Å²) in [6.07, 6.45) is 7.27. The second-order valence-electron chi connectivity index (χ2n) is 5.80. The molecule has 1 saturated carbocycles. The van der Waals surface area contributed by atoms with E-state index in [1.54, 1.807) is 0 Å². The van der Waals surface area contributed by atoms with Gasteiger partial charge in [-0.25, -0.2) is 4.98 Å². The first kappa shape index (κ1) is 13.8. The van der Waals surface area contributed by atoms with Gasteiger partial charge in [-0.1, -0.05) is 6.92 Å². The summed E-state index contributed by atoms with van der Waals surface area (Å²) in [5, 5.41) is 3.46. The molecular weight excluding hydrogens is 250 g/mol. The van der Waals surface area contributed by atoms with Gasteiger partial charge in [-0.15, -0.1) is 0 Å². The number of fused-ring (bicyclic) bond motifs is 1. The van der Waals surface area contributed by atoms with Crippen LogP contribution in [-0.4, -0.2) is 36.8 Å². The number of pyridine rings is 1. The zero-order valence-electron chi connectivity index (χ0n) is 12.3. The fraction of sp³-hybridized carbons (Fsp3) is 0.688. The van der Waals surface area contributed by atoms with Gasteiger partial charge in [0.2, 0.25) is 0 Å². The van der Waals surface area contributed by atoms with E-state index >= 15 is 0 Å². The Balaban J connectivity index is 1.70. The van der Waals surface area contributed by atoms with Crippen LogP contribution >= 0.6 is 0 Å². The molecule has 4 nitrogen and oxygen atoms in total. The van der Waals surface area contributed by atoms with Crippen LogP contribution in [0.15, 0.2) is 18.3 Å². The molecule has 1 aromatic heterocycles. The van der Waals surface area contributed by atoms with E-state index in [0.29, 0.717) is 12.1 Å². The van der Waals surface area contributed by atoms with Gasteiger partial charge in [-0.2, -0.15) is 0 Å². The first-order valence-corrected chi connectivity index (χ1v) is 7.92. The predicted molar refractivity (Wildman–Crippen MR) is 81.0 cm³/mol. The lowest BCUT2D eigenvalue weighted by atomic mass is 10.1. The summed E-state index contributed by atoms with van der Waals surface area (Å²) < 4.78 is 5.88. The van der Waals surface area contributed by atoms with Crippen LogP contribution in [0, 0.1) is 0 Å². The van der Waals surface area contributed by atoms with Gasteiger partial charge in [-0.05, 0) is 49.9 Å². The summed E-state index contributed by atoms with van der Waals surface area (Å²) >= 11 is 0. The van der Waals surface area contributed by atoms with Crippen molar-refractivity contribution in [2.45, 2.75) is 51.3 Å². The van der Waals surface area contributed by atoms with Crippen LogP contribution in [0.4, 0.5) is 5.82 Å². The van der Waals surface area contributed by atoms with E-state index in [2.05, 4.69) is 34.3 Å². The minimum absolute atomic E-state index is 0.424. The van der Waals surface area contributed by atoms with Crippen LogP contribution in [0.1, 0.15) is 38.2 Å². The molecular formula is C16H25N3O. The predicted octanol–water partition coefficient (Wildman–Crippen LogP) is 2.34. The van der Waals surface area contributed by atoms with E-state index in [1.807, 2.05) is 6.20 Å². The van der Waals surface area contributed by atoms with Gasteiger partial charge in [0.1, 0.15) is 5.82 Å². The molecule has 1 aliphatic heterocycles. The van der Waals surface area contributed by atoms with Crippen LogP contribution in [0.5, 0.6) is 0 Å². The average molecular weight is 275 g/mol. The third kappa shape index (κ3) is 2.96. The number of hydrogen-bond acceptors (Lipinski definition) is 4. The minimum atomic E-state index is 0.424. The van der Waals surface area contributed by atoms with Crippen LogP contribution in [0.3, 0.4) is 0 Å². The van der Waals surface area contributed by atoms with Gasteiger partial charge in [0.05, 0.1) is 18.8 Å². The van der Waals surface area contributed by atoms with E-state index in [9.17, 15) is 0 Å². The van der Waals surface area contributed by atoms with Gasteiger partial charge >= 0.3 is 0 Å². The SMILES string of the molecule is CCCNCc1ccnc(N2CCOC3CCCC32)c1. The van der Waals surface area contributed by atoms with E-state index in [1.165, 1.54) is 31.2 Å². The lowest BCUT2D eigenvalue weighted by Crippen LogP contribution is -2.49. The fourth-order valence-corrected chi connectivity index (χ4v) is 3.35. The summed E-state index contributed by atoms with van der Waals surface area (Å²) in [4.78, 5) is 7.06. The first-order valence-electron chi connectivity index (χ1n) is 7.92. The Bertz CT molecular complexity index is 437. The summed E-state index contributed by atoms with van der Waals surface area (Å²) in [6.45, 7) is 6.00. The van der Waals surface area contributed by atoms with Gasteiger partial charge in [0, 0.05) is 19.3 Å². The monoisotopic (exact) mass is 275 g/mol. The van der Waals surface area contributed by atoms with E-state index in [0.717, 1.165) is 32.1 Å². The van der Waals surface area contributed by atoms with Gasteiger partial charge in [0.25, 0.3) is 0 Å². The number of anilines is 1. The average Bonchev–Trinajstić information content (AvgIpc) is 2.96. The molecule has 1 aromatic rings. The maximum Gasteiger partial charge on any atom is 0.129 e. The Morgan fingerprint density at radius 3 is 3.30 bits per heavy atom. The number of aromatic nitrogens is 1. The Kier molecular flexibility index (Phi) is 4.53. The minimum Gasteiger partial charge on any atom is -0.374 e. The number of hydrogen-bond donors (Lipinski definition) is 1. The number of nitrogens with one attached hydrogen (secondary N) is 1. The third-order valence-corrected chi connectivity index (χ3v) is 4.34. The summed E-state index contributed by atoms with van der Waals surface area (Å²) in [5.74, 6) is 1.13. The molecule has 3 rings (SSSR count). The van der Waals surface area contributed by atoms with Gasteiger partial charge in [0.15, 0.2) is 0 Å². The molecule has 0 amide bonds.